The molecule has 2 amide bonds. The van der Waals surface area contributed by atoms with Crippen molar-refractivity contribution in [3.63, 3.8) is 0 Å². The van der Waals surface area contributed by atoms with Gasteiger partial charge in [0.15, 0.2) is 0 Å². The molecule has 0 spiro atoms. The Kier molecular flexibility index (Phi) is 5.20. The van der Waals surface area contributed by atoms with Gasteiger partial charge in [0.05, 0.1) is 18.2 Å². The minimum Gasteiger partial charge on any atom is -0.497 e. The molecule has 0 atom stereocenters. The Morgan fingerprint density at radius 1 is 1.00 bits per heavy atom. The fourth-order valence-corrected chi connectivity index (χ4v) is 3.61. The highest BCUT2D eigenvalue weighted by Crippen LogP contribution is 2.23. The zero-order chi connectivity index (χ0) is 16.9. The van der Waals surface area contributed by atoms with Crippen molar-refractivity contribution in [3.05, 3.63) is 65.2 Å². The van der Waals surface area contributed by atoms with Crippen molar-refractivity contribution < 1.29 is 14.3 Å². The van der Waals surface area contributed by atoms with Gasteiger partial charge in [-0.2, -0.15) is 11.8 Å². The molecule has 124 valence electrons. The second-order valence-corrected chi connectivity index (χ2v) is 6.67. The molecule has 0 N–H and O–H groups in total. The molecule has 24 heavy (non-hydrogen) atoms. The third kappa shape index (κ3) is 3.46. The lowest BCUT2D eigenvalue weighted by molar-refractivity contribution is 0.0655. The molecule has 0 radical (unpaired) electrons. The quantitative estimate of drug-likeness (QED) is 0.570. The number of amides is 2. The number of hydrogen-bond donors (Lipinski definition) is 0. The summed E-state index contributed by atoms with van der Waals surface area (Å²) in [5, 5.41) is 0. The minimum absolute atomic E-state index is 0.173. The lowest BCUT2D eigenvalue weighted by Crippen LogP contribution is -2.31. The van der Waals surface area contributed by atoms with Crippen LogP contribution in [0.25, 0.3) is 0 Å². The van der Waals surface area contributed by atoms with Crippen LogP contribution in [0.5, 0.6) is 5.75 Å². The summed E-state index contributed by atoms with van der Waals surface area (Å²) in [5.74, 6) is 2.30. The zero-order valence-electron chi connectivity index (χ0n) is 13.5. The monoisotopic (exact) mass is 341 g/mol. The first-order valence-corrected chi connectivity index (χ1v) is 9.02. The first kappa shape index (κ1) is 16.6. The molecule has 1 aliphatic rings. The minimum atomic E-state index is -0.173. The van der Waals surface area contributed by atoms with Crippen molar-refractivity contribution in [1.82, 2.24) is 4.90 Å². The summed E-state index contributed by atoms with van der Waals surface area (Å²) < 4.78 is 5.21. The van der Waals surface area contributed by atoms with Gasteiger partial charge in [-0.15, -0.1) is 0 Å². The maximum Gasteiger partial charge on any atom is 0.261 e. The van der Waals surface area contributed by atoms with Gasteiger partial charge in [-0.1, -0.05) is 24.3 Å². The van der Waals surface area contributed by atoms with Gasteiger partial charge in [-0.25, -0.2) is 0 Å². The standard InChI is InChI=1S/C19H19NO3S/c1-23-15-7-4-6-14(12-15)13-24-11-5-10-20-18(21)16-8-2-3-9-17(16)19(20)22/h2-4,6-9,12H,5,10-11,13H2,1H3. The smallest absolute Gasteiger partial charge is 0.261 e. The van der Waals surface area contributed by atoms with Crippen molar-refractivity contribution in [2.24, 2.45) is 0 Å². The number of methoxy groups -OCH3 is 1. The number of carbonyl (C=O) groups excluding carboxylic acids is 2. The summed E-state index contributed by atoms with van der Waals surface area (Å²) in [4.78, 5) is 25.9. The molecular weight excluding hydrogens is 322 g/mol. The summed E-state index contributed by atoms with van der Waals surface area (Å²) in [7, 11) is 1.66. The van der Waals surface area contributed by atoms with Gasteiger partial charge >= 0.3 is 0 Å². The third-order valence-corrected chi connectivity index (χ3v) is 5.07. The Balaban J connectivity index is 1.46. The molecule has 0 saturated carbocycles. The van der Waals surface area contributed by atoms with Gasteiger partial charge < -0.3 is 4.74 Å². The van der Waals surface area contributed by atoms with Crippen molar-refractivity contribution in [2.75, 3.05) is 19.4 Å². The van der Waals surface area contributed by atoms with Crippen LogP contribution in [0.2, 0.25) is 0 Å². The van der Waals surface area contributed by atoms with Crippen LogP contribution >= 0.6 is 11.8 Å². The van der Waals surface area contributed by atoms with Crippen molar-refractivity contribution in [3.8, 4) is 5.75 Å². The maximum absolute atomic E-state index is 12.2. The second kappa shape index (κ2) is 7.53. The van der Waals surface area contributed by atoms with E-state index in [0.29, 0.717) is 17.7 Å². The molecule has 1 heterocycles. The number of carbonyl (C=O) groups is 2. The molecule has 0 bridgehead atoms. The molecule has 0 fully saturated rings. The average molecular weight is 341 g/mol. The molecule has 2 aromatic carbocycles. The molecule has 4 nitrogen and oxygen atoms in total. The van der Waals surface area contributed by atoms with E-state index in [9.17, 15) is 9.59 Å². The predicted octanol–water partition coefficient (Wildman–Crippen LogP) is 3.61. The number of benzene rings is 2. The van der Waals surface area contributed by atoms with E-state index in [2.05, 4.69) is 6.07 Å². The SMILES string of the molecule is COc1cccc(CSCCCN2C(=O)c3ccccc3C2=O)c1. The van der Waals surface area contributed by atoms with Crippen LogP contribution in [0.15, 0.2) is 48.5 Å². The molecule has 0 aliphatic carbocycles. The Morgan fingerprint density at radius 3 is 2.38 bits per heavy atom. The number of fused-ring (bicyclic) bond motifs is 1. The molecule has 0 unspecified atom stereocenters. The highest BCUT2D eigenvalue weighted by Gasteiger charge is 2.34. The number of ether oxygens (including phenoxy) is 1. The van der Waals surface area contributed by atoms with Gasteiger partial charge in [0.2, 0.25) is 0 Å². The molecule has 3 rings (SSSR count). The van der Waals surface area contributed by atoms with E-state index >= 15 is 0 Å². The lowest BCUT2D eigenvalue weighted by Gasteiger charge is -2.13. The Bertz CT molecular complexity index is 725. The van der Waals surface area contributed by atoms with E-state index in [4.69, 9.17) is 4.74 Å². The Morgan fingerprint density at radius 2 is 1.71 bits per heavy atom. The highest BCUT2D eigenvalue weighted by atomic mass is 32.2. The predicted molar refractivity (Wildman–Crippen MR) is 95.6 cm³/mol. The van der Waals surface area contributed by atoms with Crippen LogP contribution in [0.3, 0.4) is 0 Å². The largest absolute Gasteiger partial charge is 0.497 e. The third-order valence-electron chi connectivity index (χ3n) is 3.95. The Labute approximate surface area is 145 Å². The van der Waals surface area contributed by atoms with Crippen LogP contribution in [-0.4, -0.2) is 36.1 Å². The van der Waals surface area contributed by atoms with Crippen molar-refractivity contribution >= 4 is 23.6 Å². The maximum atomic E-state index is 12.2. The van der Waals surface area contributed by atoms with Crippen LogP contribution in [-0.2, 0) is 5.75 Å². The number of hydrogen-bond acceptors (Lipinski definition) is 4. The molecular formula is C19H19NO3S. The first-order valence-electron chi connectivity index (χ1n) is 7.86. The summed E-state index contributed by atoms with van der Waals surface area (Å²) in [6, 6.07) is 15.0. The van der Waals surface area contributed by atoms with Gasteiger partial charge in [-0.05, 0) is 42.0 Å². The van der Waals surface area contributed by atoms with Crippen LogP contribution in [0.4, 0.5) is 0 Å². The summed E-state index contributed by atoms with van der Waals surface area (Å²) >= 11 is 1.79. The fourth-order valence-electron chi connectivity index (χ4n) is 2.72. The number of nitrogens with zero attached hydrogens (tertiary/aromatic N) is 1. The van der Waals surface area contributed by atoms with E-state index in [1.807, 2.05) is 18.2 Å². The second-order valence-electron chi connectivity index (χ2n) is 5.57. The number of thioether (sulfide) groups is 1. The fraction of sp³-hybridized carbons (Fsp3) is 0.263. The molecule has 0 aromatic heterocycles. The van der Waals surface area contributed by atoms with Gasteiger partial charge in [0.25, 0.3) is 11.8 Å². The lowest BCUT2D eigenvalue weighted by atomic mass is 10.1. The average Bonchev–Trinajstić information content (AvgIpc) is 2.86. The van der Waals surface area contributed by atoms with E-state index < -0.39 is 0 Å². The van der Waals surface area contributed by atoms with Gasteiger partial charge in [-0.3, -0.25) is 14.5 Å². The van der Waals surface area contributed by atoms with Gasteiger partial charge in [0.1, 0.15) is 5.75 Å². The zero-order valence-corrected chi connectivity index (χ0v) is 14.3. The van der Waals surface area contributed by atoms with Gasteiger partial charge in [0, 0.05) is 12.3 Å². The molecule has 5 heteroatoms. The number of imide groups is 1. The highest BCUT2D eigenvalue weighted by molar-refractivity contribution is 7.98. The van der Waals surface area contributed by atoms with E-state index in [-0.39, 0.29) is 11.8 Å². The Hall–Kier alpha value is -2.27. The van der Waals surface area contributed by atoms with E-state index in [1.54, 1.807) is 43.1 Å². The molecule has 2 aromatic rings. The van der Waals surface area contributed by atoms with Crippen LogP contribution < -0.4 is 4.74 Å². The normalized spacial score (nSPS) is 13.3. The number of rotatable bonds is 7. The molecule has 0 saturated heterocycles. The summed E-state index contributed by atoms with van der Waals surface area (Å²) in [6.45, 7) is 0.470. The summed E-state index contributed by atoms with van der Waals surface area (Å²) in [5.41, 5.74) is 2.25. The van der Waals surface area contributed by atoms with Crippen molar-refractivity contribution in [1.29, 1.82) is 0 Å². The summed E-state index contributed by atoms with van der Waals surface area (Å²) in [6.07, 6.45) is 0.792. The first-order chi connectivity index (χ1) is 11.7. The topological polar surface area (TPSA) is 46.6 Å². The van der Waals surface area contributed by atoms with Crippen LogP contribution in [0.1, 0.15) is 32.7 Å². The molecule has 1 aliphatic heterocycles. The van der Waals surface area contributed by atoms with E-state index in [0.717, 1.165) is 23.7 Å². The van der Waals surface area contributed by atoms with Crippen LogP contribution in [0, 0.1) is 0 Å². The van der Waals surface area contributed by atoms with E-state index in [1.165, 1.54) is 10.5 Å². The van der Waals surface area contributed by atoms with Crippen molar-refractivity contribution in [2.45, 2.75) is 12.2 Å².